The summed E-state index contributed by atoms with van der Waals surface area (Å²) in [7, 11) is 0. The number of aromatic nitrogens is 1. The fraction of sp³-hybridized carbons (Fsp3) is 0.120. The number of rotatable bonds is 9. The number of carbonyl (C=O) groups is 2. The van der Waals surface area contributed by atoms with Crippen molar-refractivity contribution in [2.24, 2.45) is 0 Å². The van der Waals surface area contributed by atoms with Crippen LogP contribution in [0.15, 0.2) is 79.0 Å². The van der Waals surface area contributed by atoms with Gasteiger partial charge >= 0.3 is 0 Å². The summed E-state index contributed by atoms with van der Waals surface area (Å²) in [6.07, 6.45) is 2.61. The van der Waals surface area contributed by atoms with Gasteiger partial charge in [0, 0.05) is 47.0 Å². The molecule has 1 heterocycles. The summed E-state index contributed by atoms with van der Waals surface area (Å²) in [6.45, 7) is 0.246. The first kappa shape index (κ1) is 22.5. The van der Waals surface area contributed by atoms with Gasteiger partial charge in [0.15, 0.2) is 6.61 Å². The van der Waals surface area contributed by atoms with Crippen molar-refractivity contribution in [2.45, 2.75) is 6.42 Å². The molecule has 0 saturated heterocycles. The molecule has 0 bridgehead atoms. The molecule has 0 atom stereocenters. The minimum atomic E-state index is -0.510. The summed E-state index contributed by atoms with van der Waals surface area (Å²) in [5.41, 5.74) is 3.18. The van der Waals surface area contributed by atoms with Gasteiger partial charge in [-0.3, -0.25) is 19.7 Å². The monoisotopic (exact) mass is 458 g/mol. The van der Waals surface area contributed by atoms with Gasteiger partial charge < -0.3 is 20.4 Å². The predicted octanol–water partition coefficient (Wildman–Crippen LogP) is 4.07. The minimum absolute atomic E-state index is 0.0565. The second-order valence-electron chi connectivity index (χ2n) is 7.53. The van der Waals surface area contributed by atoms with E-state index in [4.69, 9.17) is 4.74 Å². The quantitative estimate of drug-likeness (QED) is 0.257. The van der Waals surface area contributed by atoms with Crippen LogP contribution >= 0.6 is 0 Å². The van der Waals surface area contributed by atoms with Crippen LogP contribution in [0.2, 0.25) is 0 Å². The van der Waals surface area contributed by atoms with Crippen LogP contribution in [-0.2, 0) is 11.2 Å². The largest absolute Gasteiger partial charge is 0.484 e. The summed E-state index contributed by atoms with van der Waals surface area (Å²) in [4.78, 5) is 37.9. The maximum Gasteiger partial charge on any atom is 0.269 e. The Hall–Kier alpha value is -4.66. The number of non-ortho nitro benzene ring substituents is 1. The number of hydrogen-bond donors (Lipinski definition) is 3. The molecule has 4 aromatic rings. The topological polar surface area (TPSA) is 126 Å². The summed E-state index contributed by atoms with van der Waals surface area (Å²) in [5, 5.41) is 17.4. The number of carbonyl (C=O) groups excluding carboxylic acids is 2. The summed E-state index contributed by atoms with van der Waals surface area (Å²) in [6, 6.07) is 20.1. The van der Waals surface area contributed by atoms with E-state index in [1.54, 1.807) is 24.3 Å². The molecule has 0 unspecified atom stereocenters. The van der Waals surface area contributed by atoms with Crippen LogP contribution in [-0.4, -0.2) is 34.9 Å². The van der Waals surface area contributed by atoms with Gasteiger partial charge in [0.05, 0.1) is 4.92 Å². The van der Waals surface area contributed by atoms with Crippen molar-refractivity contribution in [3.8, 4) is 5.75 Å². The Bertz CT molecular complexity index is 1310. The van der Waals surface area contributed by atoms with E-state index < -0.39 is 10.8 Å². The molecule has 2 amide bonds. The van der Waals surface area contributed by atoms with Crippen molar-refractivity contribution in [3.63, 3.8) is 0 Å². The van der Waals surface area contributed by atoms with Crippen molar-refractivity contribution in [1.82, 2.24) is 10.3 Å². The van der Waals surface area contributed by atoms with E-state index in [1.807, 2.05) is 30.5 Å². The van der Waals surface area contributed by atoms with E-state index in [2.05, 4.69) is 15.6 Å². The van der Waals surface area contributed by atoms with Crippen molar-refractivity contribution < 1.29 is 19.2 Å². The molecule has 1 aromatic heterocycles. The van der Waals surface area contributed by atoms with Crippen molar-refractivity contribution in [2.75, 3.05) is 18.5 Å². The molecule has 0 aliphatic heterocycles. The van der Waals surface area contributed by atoms with E-state index in [1.165, 1.54) is 24.3 Å². The van der Waals surface area contributed by atoms with Crippen LogP contribution in [0.3, 0.4) is 0 Å². The molecule has 9 heteroatoms. The third-order valence-electron chi connectivity index (χ3n) is 5.21. The molecule has 9 nitrogen and oxygen atoms in total. The summed E-state index contributed by atoms with van der Waals surface area (Å²) < 4.78 is 5.34. The standard InChI is InChI=1S/C25H22N4O5/c30-24(16-34-21-10-8-20(9-11-21)29(32)33)28-19-6-4-18(5-7-19)25(31)27-14-12-17-2-1-3-23-22(17)13-15-26-23/h1-11,13,15,26H,12,14,16H2,(H,27,31)(H,28,30). The Morgan fingerprint density at radius 3 is 2.47 bits per heavy atom. The van der Waals surface area contributed by atoms with Gasteiger partial charge in [0.1, 0.15) is 5.75 Å². The van der Waals surface area contributed by atoms with Crippen LogP contribution in [0.1, 0.15) is 15.9 Å². The molecule has 172 valence electrons. The molecule has 0 fully saturated rings. The lowest BCUT2D eigenvalue weighted by Crippen LogP contribution is -2.25. The maximum atomic E-state index is 12.4. The zero-order chi connectivity index (χ0) is 23.9. The molecular weight excluding hydrogens is 436 g/mol. The normalized spacial score (nSPS) is 10.6. The zero-order valence-corrected chi connectivity index (χ0v) is 18.1. The van der Waals surface area contributed by atoms with Crippen molar-refractivity contribution in [3.05, 3.63) is 100 Å². The summed E-state index contributed by atoms with van der Waals surface area (Å²) >= 11 is 0. The molecule has 3 aromatic carbocycles. The molecular formula is C25H22N4O5. The van der Waals surface area contributed by atoms with Gasteiger partial charge in [-0.15, -0.1) is 0 Å². The van der Waals surface area contributed by atoms with Crippen LogP contribution < -0.4 is 15.4 Å². The second-order valence-corrected chi connectivity index (χ2v) is 7.53. The molecule has 3 N–H and O–H groups in total. The smallest absolute Gasteiger partial charge is 0.269 e. The van der Waals surface area contributed by atoms with Gasteiger partial charge in [0.2, 0.25) is 0 Å². The van der Waals surface area contributed by atoms with Gasteiger partial charge in [-0.05, 0) is 60.5 Å². The predicted molar refractivity (Wildman–Crippen MR) is 128 cm³/mol. The molecule has 0 aliphatic carbocycles. The number of nitro benzene ring substituents is 1. The average molecular weight is 458 g/mol. The molecule has 0 spiro atoms. The highest BCUT2D eigenvalue weighted by atomic mass is 16.6. The van der Waals surface area contributed by atoms with Crippen LogP contribution in [0.4, 0.5) is 11.4 Å². The highest BCUT2D eigenvalue weighted by Crippen LogP contribution is 2.18. The SMILES string of the molecule is O=C(COc1ccc([N+](=O)[O-])cc1)Nc1ccc(C(=O)NCCc2cccc3[nH]ccc23)cc1. The first-order valence-electron chi connectivity index (χ1n) is 10.6. The minimum Gasteiger partial charge on any atom is -0.484 e. The Morgan fingerprint density at radius 1 is 0.971 bits per heavy atom. The first-order valence-corrected chi connectivity index (χ1v) is 10.6. The van der Waals surface area contributed by atoms with E-state index in [0.29, 0.717) is 30.0 Å². The lowest BCUT2D eigenvalue weighted by atomic mass is 10.1. The number of nitrogens with one attached hydrogen (secondary N) is 3. The van der Waals surface area contributed by atoms with Crippen LogP contribution in [0.5, 0.6) is 5.75 Å². The molecule has 4 rings (SSSR count). The number of benzene rings is 3. The highest BCUT2D eigenvalue weighted by molar-refractivity contribution is 5.96. The number of nitrogens with zero attached hydrogens (tertiary/aromatic N) is 1. The summed E-state index contributed by atoms with van der Waals surface area (Å²) in [5.74, 6) is -0.240. The molecule has 0 aliphatic rings. The molecule has 34 heavy (non-hydrogen) atoms. The third-order valence-corrected chi connectivity index (χ3v) is 5.21. The number of ether oxygens (including phenoxy) is 1. The number of fused-ring (bicyclic) bond motifs is 1. The number of anilines is 1. The number of amides is 2. The van der Waals surface area contributed by atoms with Gasteiger partial charge in [-0.1, -0.05) is 12.1 Å². The molecule has 0 saturated carbocycles. The first-order chi connectivity index (χ1) is 16.5. The van der Waals surface area contributed by atoms with Crippen molar-refractivity contribution >= 4 is 34.1 Å². The van der Waals surface area contributed by atoms with Gasteiger partial charge in [-0.2, -0.15) is 0 Å². The van der Waals surface area contributed by atoms with Gasteiger partial charge in [0.25, 0.3) is 17.5 Å². The van der Waals surface area contributed by atoms with E-state index in [-0.39, 0.29) is 18.2 Å². The van der Waals surface area contributed by atoms with Gasteiger partial charge in [-0.25, -0.2) is 0 Å². The zero-order valence-electron chi connectivity index (χ0n) is 18.1. The Labute approximate surface area is 194 Å². The average Bonchev–Trinajstić information content (AvgIpc) is 3.33. The lowest BCUT2D eigenvalue weighted by molar-refractivity contribution is -0.384. The fourth-order valence-electron chi connectivity index (χ4n) is 3.50. The Kier molecular flexibility index (Phi) is 6.83. The highest BCUT2D eigenvalue weighted by Gasteiger charge is 2.09. The Balaban J connectivity index is 1.23. The number of aromatic amines is 1. The van der Waals surface area contributed by atoms with Crippen LogP contribution in [0.25, 0.3) is 10.9 Å². The van der Waals surface area contributed by atoms with E-state index in [9.17, 15) is 19.7 Å². The fourth-order valence-corrected chi connectivity index (χ4v) is 3.50. The Morgan fingerprint density at radius 2 is 1.74 bits per heavy atom. The number of nitro groups is 1. The number of H-pyrrole nitrogens is 1. The van der Waals surface area contributed by atoms with Crippen LogP contribution in [0, 0.1) is 10.1 Å². The second kappa shape index (κ2) is 10.3. The lowest BCUT2D eigenvalue weighted by Gasteiger charge is -2.09. The van der Waals surface area contributed by atoms with E-state index in [0.717, 1.165) is 16.5 Å². The maximum absolute atomic E-state index is 12.4. The number of hydrogen-bond acceptors (Lipinski definition) is 5. The third kappa shape index (κ3) is 5.57. The van der Waals surface area contributed by atoms with E-state index >= 15 is 0 Å². The van der Waals surface area contributed by atoms with Crippen molar-refractivity contribution in [1.29, 1.82) is 0 Å². The molecule has 0 radical (unpaired) electrons.